The highest BCUT2D eigenvalue weighted by Crippen LogP contribution is 2.24. The number of thioether (sulfide) groups is 1. The number of carbonyl (C=O) groups excluding carboxylic acids is 1. The first-order valence-electron chi connectivity index (χ1n) is 8.23. The van der Waals surface area contributed by atoms with Gasteiger partial charge in [0, 0.05) is 15.8 Å². The van der Waals surface area contributed by atoms with Gasteiger partial charge in [0.05, 0.1) is 12.9 Å². The zero-order valence-electron chi connectivity index (χ0n) is 15.2. The molecule has 0 aliphatic rings. The second-order valence-electron chi connectivity index (χ2n) is 5.86. The first-order chi connectivity index (χ1) is 13.0. The summed E-state index contributed by atoms with van der Waals surface area (Å²) in [6.45, 7) is 3.84. The van der Waals surface area contributed by atoms with Crippen LogP contribution >= 0.6 is 27.7 Å². The molecular weight excluding hydrogens is 428 g/mol. The van der Waals surface area contributed by atoms with Crippen LogP contribution in [0.2, 0.25) is 0 Å². The molecule has 0 spiro atoms. The lowest BCUT2D eigenvalue weighted by atomic mass is 10.2. The Morgan fingerprint density at radius 2 is 1.93 bits per heavy atom. The molecule has 0 atom stereocenters. The monoisotopic (exact) mass is 446 g/mol. The second kappa shape index (κ2) is 8.58. The third-order valence-corrected chi connectivity index (χ3v) is 5.34. The standard InChI is InChI=1S/C19H19BrN4O2S/c1-12-10-14(20)4-9-17(12)21-18(25)11-27-19-23-22-13(2)24(19)15-5-7-16(26-3)8-6-15/h4-10H,11H2,1-3H3,(H,21,25). The second-order valence-corrected chi connectivity index (χ2v) is 7.72. The lowest BCUT2D eigenvalue weighted by molar-refractivity contribution is -0.113. The fourth-order valence-electron chi connectivity index (χ4n) is 2.55. The van der Waals surface area contributed by atoms with Crippen LogP contribution in [0.3, 0.4) is 0 Å². The van der Waals surface area contributed by atoms with Gasteiger partial charge in [-0.3, -0.25) is 9.36 Å². The van der Waals surface area contributed by atoms with Crippen LogP contribution in [0.5, 0.6) is 5.75 Å². The van der Waals surface area contributed by atoms with Gasteiger partial charge in [-0.1, -0.05) is 27.7 Å². The molecule has 0 saturated heterocycles. The van der Waals surface area contributed by atoms with E-state index in [1.54, 1.807) is 7.11 Å². The Morgan fingerprint density at radius 3 is 2.59 bits per heavy atom. The van der Waals surface area contributed by atoms with Gasteiger partial charge < -0.3 is 10.1 Å². The third-order valence-electron chi connectivity index (χ3n) is 3.92. The van der Waals surface area contributed by atoms with Gasteiger partial charge in [0.2, 0.25) is 5.91 Å². The number of hydrogen-bond donors (Lipinski definition) is 1. The number of carbonyl (C=O) groups is 1. The number of anilines is 1. The normalized spacial score (nSPS) is 10.7. The van der Waals surface area contributed by atoms with Crippen molar-refractivity contribution in [2.75, 3.05) is 18.2 Å². The molecule has 1 N–H and O–H groups in total. The molecule has 0 aliphatic carbocycles. The SMILES string of the molecule is COc1ccc(-n2c(C)nnc2SCC(=O)Nc2ccc(Br)cc2C)cc1. The smallest absolute Gasteiger partial charge is 0.234 e. The Bertz CT molecular complexity index is 957. The van der Waals surface area contributed by atoms with Crippen LogP contribution in [-0.2, 0) is 4.79 Å². The highest BCUT2D eigenvalue weighted by atomic mass is 79.9. The Labute approximate surface area is 170 Å². The molecule has 0 unspecified atom stereocenters. The predicted octanol–water partition coefficient (Wildman–Crippen LogP) is 4.39. The summed E-state index contributed by atoms with van der Waals surface area (Å²) in [7, 11) is 1.63. The quantitative estimate of drug-likeness (QED) is 0.568. The van der Waals surface area contributed by atoms with Crippen LogP contribution in [-0.4, -0.2) is 33.5 Å². The van der Waals surface area contributed by atoms with Crippen LogP contribution in [0.4, 0.5) is 5.69 Å². The average Bonchev–Trinajstić information content (AvgIpc) is 3.03. The highest BCUT2D eigenvalue weighted by Gasteiger charge is 2.14. The predicted molar refractivity (Wildman–Crippen MR) is 111 cm³/mol. The fourth-order valence-corrected chi connectivity index (χ4v) is 3.82. The van der Waals surface area contributed by atoms with Crippen LogP contribution in [0.15, 0.2) is 52.1 Å². The van der Waals surface area contributed by atoms with E-state index < -0.39 is 0 Å². The molecule has 2 aromatic carbocycles. The van der Waals surface area contributed by atoms with Crippen molar-refractivity contribution in [3.63, 3.8) is 0 Å². The van der Waals surface area contributed by atoms with E-state index in [1.807, 2.05) is 60.9 Å². The van der Waals surface area contributed by atoms with Crippen molar-refractivity contribution < 1.29 is 9.53 Å². The number of benzene rings is 2. The number of hydrogen-bond acceptors (Lipinski definition) is 5. The van der Waals surface area contributed by atoms with Crippen LogP contribution < -0.4 is 10.1 Å². The van der Waals surface area contributed by atoms with E-state index in [0.29, 0.717) is 5.16 Å². The fraction of sp³-hybridized carbons (Fsp3) is 0.211. The van der Waals surface area contributed by atoms with Crippen LogP contribution in [0.25, 0.3) is 5.69 Å². The molecule has 1 amide bonds. The van der Waals surface area contributed by atoms with E-state index in [9.17, 15) is 4.79 Å². The molecule has 0 aliphatic heterocycles. The van der Waals surface area contributed by atoms with E-state index in [0.717, 1.165) is 33.0 Å². The molecule has 0 bridgehead atoms. The number of aryl methyl sites for hydroxylation is 2. The maximum Gasteiger partial charge on any atom is 0.234 e. The van der Waals surface area contributed by atoms with Crippen molar-refractivity contribution in [3.8, 4) is 11.4 Å². The number of ether oxygens (including phenoxy) is 1. The summed E-state index contributed by atoms with van der Waals surface area (Å²) in [5, 5.41) is 11.9. The molecule has 0 radical (unpaired) electrons. The van der Waals surface area contributed by atoms with Gasteiger partial charge in [-0.2, -0.15) is 0 Å². The molecule has 0 fully saturated rings. The molecule has 27 heavy (non-hydrogen) atoms. The molecule has 3 rings (SSSR count). The lowest BCUT2D eigenvalue weighted by Crippen LogP contribution is -2.15. The number of nitrogens with zero attached hydrogens (tertiary/aromatic N) is 3. The molecular formula is C19H19BrN4O2S. The van der Waals surface area contributed by atoms with E-state index in [1.165, 1.54) is 11.8 Å². The summed E-state index contributed by atoms with van der Waals surface area (Å²) >= 11 is 4.77. The molecule has 3 aromatic rings. The van der Waals surface area contributed by atoms with Gasteiger partial charge in [0.25, 0.3) is 0 Å². The highest BCUT2D eigenvalue weighted by molar-refractivity contribution is 9.10. The van der Waals surface area contributed by atoms with Gasteiger partial charge in [0.15, 0.2) is 5.16 Å². The largest absolute Gasteiger partial charge is 0.497 e. The summed E-state index contributed by atoms with van der Waals surface area (Å²) in [6, 6.07) is 13.4. The van der Waals surface area contributed by atoms with Crippen molar-refractivity contribution in [1.82, 2.24) is 14.8 Å². The summed E-state index contributed by atoms with van der Waals surface area (Å²) in [4.78, 5) is 12.3. The van der Waals surface area contributed by atoms with E-state index >= 15 is 0 Å². The Kier molecular flexibility index (Phi) is 6.18. The Morgan fingerprint density at radius 1 is 1.19 bits per heavy atom. The minimum atomic E-state index is -0.0904. The first kappa shape index (κ1) is 19.4. The minimum absolute atomic E-state index is 0.0904. The molecule has 8 heteroatoms. The number of aromatic nitrogens is 3. The number of rotatable bonds is 6. The molecule has 1 aromatic heterocycles. The third kappa shape index (κ3) is 4.70. The lowest BCUT2D eigenvalue weighted by Gasteiger charge is -2.10. The van der Waals surface area contributed by atoms with Gasteiger partial charge in [-0.15, -0.1) is 10.2 Å². The first-order valence-corrected chi connectivity index (χ1v) is 10.0. The van der Waals surface area contributed by atoms with E-state index in [-0.39, 0.29) is 11.7 Å². The molecule has 0 saturated carbocycles. The van der Waals surface area contributed by atoms with Gasteiger partial charge >= 0.3 is 0 Å². The van der Waals surface area contributed by atoms with E-state index in [2.05, 4.69) is 31.4 Å². The van der Waals surface area contributed by atoms with E-state index in [4.69, 9.17) is 4.74 Å². The van der Waals surface area contributed by atoms with Crippen LogP contribution in [0, 0.1) is 13.8 Å². The summed E-state index contributed by atoms with van der Waals surface area (Å²) < 4.78 is 8.10. The summed E-state index contributed by atoms with van der Waals surface area (Å²) in [5.41, 5.74) is 2.72. The molecule has 6 nitrogen and oxygen atoms in total. The number of methoxy groups -OCH3 is 1. The molecule has 140 valence electrons. The number of amides is 1. The zero-order valence-corrected chi connectivity index (χ0v) is 17.6. The maximum absolute atomic E-state index is 12.3. The average molecular weight is 447 g/mol. The van der Waals surface area contributed by atoms with Crippen molar-refractivity contribution in [1.29, 1.82) is 0 Å². The van der Waals surface area contributed by atoms with Crippen LogP contribution in [0.1, 0.15) is 11.4 Å². The topological polar surface area (TPSA) is 69.0 Å². The van der Waals surface area contributed by atoms with Crippen molar-refractivity contribution in [2.24, 2.45) is 0 Å². The maximum atomic E-state index is 12.3. The van der Waals surface area contributed by atoms with Crippen molar-refractivity contribution >= 4 is 39.3 Å². The number of halogens is 1. The minimum Gasteiger partial charge on any atom is -0.497 e. The van der Waals surface area contributed by atoms with Crippen molar-refractivity contribution in [2.45, 2.75) is 19.0 Å². The van der Waals surface area contributed by atoms with Gasteiger partial charge in [0.1, 0.15) is 11.6 Å². The molecule has 1 heterocycles. The number of nitrogens with one attached hydrogen (secondary N) is 1. The van der Waals surface area contributed by atoms with Crippen molar-refractivity contribution in [3.05, 3.63) is 58.3 Å². The Balaban J connectivity index is 1.70. The summed E-state index contributed by atoms with van der Waals surface area (Å²) in [5.74, 6) is 1.69. The Hall–Kier alpha value is -2.32. The zero-order chi connectivity index (χ0) is 19.4. The van der Waals surface area contributed by atoms with Gasteiger partial charge in [-0.05, 0) is 61.9 Å². The van der Waals surface area contributed by atoms with Gasteiger partial charge in [-0.25, -0.2) is 0 Å². The summed E-state index contributed by atoms with van der Waals surface area (Å²) in [6.07, 6.45) is 0.